The molecule has 6 nitrogen and oxygen atoms in total. The fourth-order valence-corrected chi connectivity index (χ4v) is 5.61. The Bertz CT molecular complexity index is 644. The lowest BCUT2D eigenvalue weighted by atomic mass is 10.3. The quantitative estimate of drug-likeness (QED) is 0.898. The van der Waals surface area contributed by atoms with Gasteiger partial charge in [0.2, 0.25) is 10.0 Å². The molecule has 0 spiro atoms. The molecule has 8 heteroatoms. The molecule has 1 saturated heterocycles. The molecule has 1 N–H and O–H groups in total. The maximum absolute atomic E-state index is 12.8. The van der Waals surface area contributed by atoms with Crippen molar-refractivity contribution in [1.29, 1.82) is 0 Å². The van der Waals surface area contributed by atoms with Gasteiger partial charge in [0.05, 0.1) is 22.0 Å². The molecule has 0 aliphatic carbocycles. The fraction of sp³-hybridized carbons (Fsp3) is 0.643. The molecule has 1 aromatic heterocycles. The molecule has 1 aliphatic heterocycles. The molecule has 0 radical (unpaired) electrons. The van der Waals surface area contributed by atoms with E-state index in [9.17, 15) is 13.2 Å². The number of rotatable bonds is 4. The summed E-state index contributed by atoms with van der Waals surface area (Å²) >= 11 is 1.21. The van der Waals surface area contributed by atoms with Crippen LogP contribution in [0, 0.1) is 6.92 Å². The third-order valence-corrected chi connectivity index (χ3v) is 6.57. The summed E-state index contributed by atoms with van der Waals surface area (Å²) in [5.41, 5.74) is 0. The lowest BCUT2D eigenvalue weighted by molar-refractivity contribution is -0.0440. The van der Waals surface area contributed by atoms with Crippen molar-refractivity contribution in [2.24, 2.45) is 0 Å². The number of thiophene rings is 1. The van der Waals surface area contributed by atoms with E-state index in [0.717, 1.165) is 0 Å². The van der Waals surface area contributed by atoms with Gasteiger partial charge in [0.1, 0.15) is 0 Å². The van der Waals surface area contributed by atoms with Crippen LogP contribution in [0.2, 0.25) is 0 Å². The van der Waals surface area contributed by atoms with Crippen LogP contribution in [0.25, 0.3) is 0 Å². The Balaban J connectivity index is 2.31. The summed E-state index contributed by atoms with van der Waals surface area (Å²) in [4.78, 5) is 13.2. The first-order chi connectivity index (χ1) is 10.3. The van der Waals surface area contributed by atoms with Crippen LogP contribution in [0.15, 0.2) is 11.0 Å². The second-order valence-electron chi connectivity index (χ2n) is 5.47. The third kappa shape index (κ3) is 3.51. The lowest BCUT2D eigenvalue weighted by Gasteiger charge is -2.34. The Hall–Kier alpha value is -0.960. The maximum atomic E-state index is 12.8. The van der Waals surface area contributed by atoms with Crippen molar-refractivity contribution < 1.29 is 17.9 Å². The maximum Gasteiger partial charge on any atom is 0.261 e. The van der Waals surface area contributed by atoms with Gasteiger partial charge in [-0.2, -0.15) is 4.31 Å². The van der Waals surface area contributed by atoms with E-state index in [1.807, 2.05) is 20.8 Å². The summed E-state index contributed by atoms with van der Waals surface area (Å²) in [5, 5.41) is 2.69. The molecule has 2 atom stereocenters. The zero-order chi connectivity index (χ0) is 16.5. The highest BCUT2D eigenvalue weighted by Crippen LogP contribution is 2.29. The molecule has 0 aromatic carbocycles. The van der Waals surface area contributed by atoms with E-state index in [2.05, 4.69) is 5.32 Å². The van der Waals surface area contributed by atoms with E-state index in [1.165, 1.54) is 21.7 Å². The van der Waals surface area contributed by atoms with Gasteiger partial charge in [0, 0.05) is 24.5 Å². The molecule has 2 rings (SSSR count). The van der Waals surface area contributed by atoms with E-state index in [0.29, 0.717) is 29.4 Å². The highest BCUT2D eigenvalue weighted by atomic mass is 32.2. The summed E-state index contributed by atoms with van der Waals surface area (Å²) in [5.74, 6) is -0.235. The average molecular weight is 346 g/mol. The number of ether oxygens (including phenoxy) is 1. The highest BCUT2D eigenvalue weighted by Gasteiger charge is 2.34. The number of sulfonamides is 1. The average Bonchev–Trinajstić information content (AvgIpc) is 2.81. The molecule has 0 unspecified atom stereocenters. The van der Waals surface area contributed by atoms with E-state index < -0.39 is 10.0 Å². The van der Waals surface area contributed by atoms with Gasteiger partial charge in [-0.05, 0) is 33.8 Å². The van der Waals surface area contributed by atoms with Gasteiger partial charge in [0.15, 0.2) is 0 Å². The molecule has 2 heterocycles. The number of carbonyl (C=O) groups is 1. The first-order valence-electron chi connectivity index (χ1n) is 7.30. The Morgan fingerprint density at radius 3 is 2.55 bits per heavy atom. The largest absolute Gasteiger partial charge is 0.373 e. The third-order valence-electron chi connectivity index (χ3n) is 3.44. The van der Waals surface area contributed by atoms with Crippen molar-refractivity contribution in [3.63, 3.8) is 0 Å². The van der Waals surface area contributed by atoms with Crippen LogP contribution in [0.4, 0.5) is 0 Å². The van der Waals surface area contributed by atoms with Crippen molar-refractivity contribution in [2.75, 3.05) is 19.6 Å². The number of nitrogens with one attached hydrogen (secondary N) is 1. The molecule has 1 aromatic rings. The number of hydrogen-bond donors (Lipinski definition) is 1. The first kappa shape index (κ1) is 17.4. The van der Waals surface area contributed by atoms with E-state index in [4.69, 9.17) is 4.74 Å². The molecule has 1 aliphatic rings. The number of amides is 1. The van der Waals surface area contributed by atoms with Gasteiger partial charge < -0.3 is 10.1 Å². The van der Waals surface area contributed by atoms with Gasteiger partial charge in [-0.3, -0.25) is 4.79 Å². The van der Waals surface area contributed by atoms with E-state index >= 15 is 0 Å². The lowest BCUT2D eigenvalue weighted by Crippen LogP contribution is -2.48. The SMILES string of the molecule is CCNC(=O)c1cc(S(=O)(=O)N2C[C@@H](C)O[C@H](C)C2)c(C)s1. The second-order valence-corrected chi connectivity index (χ2v) is 8.63. The summed E-state index contributed by atoms with van der Waals surface area (Å²) < 4.78 is 32.7. The fourth-order valence-electron chi connectivity index (χ4n) is 2.55. The minimum absolute atomic E-state index is 0.139. The van der Waals surface area contributed by atoms with E-state index in [1.54, 1.807) is 6.92 Å². The Labute approximate surface area is 135 Å². The van der Waals surface area contributed by atoms with Gasteiger partial charge >= 0.3 is 0 Å². The highest BCUT2D eigenvalue weighted by molar-refractivity contribution is 7.89. The smallest absolute Gasteiger partial charge is 0.261 e. The molecular formula is C14H22N2O4S2. The Morgan fingerprint density at radius 1 is 1.41 bits per heavy atom. The van der Waals surface area contributed by atoms with Crippen molar-refractivity contribution >= 4 is 27.3 Å². The molecule has 1 fully saturated rings. The van der Waals surface area contributed by atoms with Crippen LogP contribution in [0.1, 0.15) is 35.3 Å². The zero-order valence-corrected chi connectivity index (χ0v) is 14.9. The number of aryl methyl sites for hydroxylation is 1. The monoisotopic (exact) mass is 346 g/mol. The van der Waals surface area contributed by atoms with Gasteiger partial charge in [-0.15, -0.1) is 11.3 Å². The van der Waals surface area contributed by atoms with Gasteiger partial charge in [-0.1, -0.05) is 0 Å². The standard InChI is InChI=1S/C14H22N2O4S2/c1-5-15-14(17)12-6-13(11(4)21-12)22(18,19)16-7-9(2)20-10(3)8-16/h6,9-10H,5,7-8H2,1-4H3,(H,15,17)/t9-,10-/m1/s1. The number of morpholine rings is 1. The normalized spacial score (nSPS) is 23.5. The van der Waals surface area contributed by atoms with Crippen LogP contribution in [-0.4, -0.2) is 50.5 Å². The minimum atomic E-state index is -3.60. The van der Waals surface area contributed by atoms with Crippen LogP contribution in [-0.2, 0) is 14.8 Å². The number of carbonyl (C=O) groups excluding carboxylic acids is 1. The zero-order valence-electron chi connectivity index (χ0n) is 13.3. The van der Waals surface area contributed by atoms with Crippen LogP contribution < -0.4 is 5.32 Å². The predicted molar refractivity (Wildman–Crippen MR) is 85.8 cm³/mol. The molecule has 1 amide bonds. The van der Waals surface area contributed by atoms with Crippen molar-refractivity contribution in [3.05, 3.63) is 15.8 Å². The van der Waals surface area contributed by atoms with Gasteiger partial charge in [-0.25, -0.2) is 8.42 Å². The Kier molecular flexibility index (Phi) is 5.26. The predicted octanol–water partition coefficient (Wildman–Crippen LogP) is 1.60. The molecule has 0 bridgehead atoms. The summed E-state index contributed by atoms with van der Waals surface area (Å²) in [6.07, 6.45) is -0.277. The molecule has 0 saturated carbocycles. The topological polar surface area (TPSA) is 75.7 Å². The first-order valence-corrected chi connectivity index (χ1v) is 9.55. The van der Waals surface area contributed by atoms with Crippen molar-refractivity contribution in [1.82, 2.24) is 9.62 Å². The minimum Gasteiger partial charge on any atom is -0.373 e. The molecule has 124 valence electrons. The van der Waals surface area contributed by atoms with Crippen LogP contribution in [0.3, 0.4) is 0 Å². The Morgan fingerprint density at radius 2 is 2.00 bits per heavy atom. The van der Waals surface area contributed by atoms with Crippen molar-refractivity contribution in [2.45, 2.75) is 44.8 Å². The summed E-state index contributed by atoms with van der Waals surface area (Å²) in [6, 6.07) is 1.48. The van der Waals surface area contributed by atoms with E-state index in [-0.39, 0.29) is 23.0 Å². The molecule has 22 heavy (non-hydrogen) atoms. The van der Waals surface area contributed by atoms with Crippen LogP contribution >= 0.6 is 11.3 Å². The van der Waals surface area contributed by atoms with Gasteiger partial charge in [0.25, 0.3) is 5.91 Å². The summed E-state index contributed by atoms with van der Waals surface area (Å²) in [7, 11) is -3.60. The second kappa shape index (κ2) is 6.66. The summed E-state index contributed by atoms with van der Waals surface area (Å²) in [6.45, 7) is 8.45. The number of hydrogen-bond acceptors (Lipinski definition) is 5. The van der Waals surface area contributed by atoms with Crippen molar-refractivity contribution in [3.8, 4) is 0 Å². The van der Waals surface area contributed by atoms with Crippen LogP contribution in [0.5, 0.6) is 0 Å². The molecular weight excluding hydrogens is 324 g/mol. The number of nitrogens with zero attached hydrogens (tertiary/aromatic N) is 1.